The van der Waals surface area contributed by atoms with E-state index >= 15 is 0 Å². The zero-order valence-electron chi connectivity index (χ0n) is 21.3. The molecule has 2 unspecified atom stereocenters. The number of hydrogen-bond donors (Lipinski definition) is 0. The van der Waals surface area contributed by atoms with E-state index in [1.807, 2.05) is 0 Å². The molecule has 0 aliphatic heterocycles. The smallest absolute Gasteiger partial charge is 0.308 e. The second kappa shape index (κ2) is 23.1. The lowest BCUT2D eigenvalue weighted by atomic mass is 9.97. The van der Waals surface area contributed by atoms with Gasteiger partial charge < -0.3 is 4.74 Å². The summed E-state index contributed by atoms with van der Waals surface area (Å²) in [6.45, 7) is 9.46. The fourth-order valence-corrected chi connectivity index (χ4v) is 4.33. The van der Waals surface area contributed by atoms with Crippen molar-refractivity contribution in [1.82, 2.24) is 0 Å². The van der Waals surface area contributed by atoms with Gasteiger partial charge in [0.2, 0.25) is 0 Å². The highest BCUT2D eigenvalue weighted by atomic mass is 16.5. The van der Waals surface area contributed by atoms with Crippen LogP contribution in [0.4, 0.5) is 0 Å². The molecule has 0 saturated carbocycles. The summed E-state index contributed by atoms with van der Waals surface area (Å²) in [5.41, 5.74) is 0. The van der Waals surface area contributed by atoms with Gasteiger partial charge in [-0.25, -0.2) is 0 Å². The average Bonchev–Trinajstić information content (AvgIpc) is 2.75. The molecule has 2 nitrogen and oxygen atoms in total. The number of carbonyl (C=O) groups is 1. The van der Waals surface area contributed by atoms with E-state index in [9.17, 15) is 4.79 Å². The van der Waals surface area contributed by atoms with Crippen LogP contribution in [0, 0.1) is 11.8 Å². The van der Waals surface area contributed by atoms with Gasteiger partial charge in [-0.05, 0) is 25.2 Å². The fourth-order valence-electron chi connectivity index (χ4n) is 4.33. The van der Waals surface area contributed by atoms with Gasteiger partial charge >= 0.3 is 5.97 Å². The summed E-state index contributed by atoms with van der Waals surface area (Å²) in [4.78, 5) is 12.3. The van der Waals surface area contributed by atoms with Crippen molar-refractivity contribution < 1.29 is 9.53 Å². The Hall–Kier alpha value is -0.530. The molecule has 0 aromatic carbocycles. The van der Waals surface area contributed by atoms with Crippen molar-refractivity contribution in [1.29, 1.82) is 0 Å². The molecule has 0 aliphatic carbocycles. The Morgan fingerprint density at radius 3 is 1.50 bits per heavy atom. The Balaban J connectivity index is 3.63. The average molecular weight is 425 g/mol. The molecular formula is C28H56O2. The van der Waals surface area contributed by atoms with Gasteiger partial charge in [-0.1, -0.05) is 137 Å². The first-order valence-corrected chi connectivity index (χ1v) is 13.8. The van der Waals surface area contributed by atoms with Crippen molar-refractivity contribution in [3.63, 3.8) is 0 Å². The van der Waals surface area contributed by atoms with E-state index in [2.05, 4.69) is 27.7 Å². The largest absolute Gasteiger partial charge is 0.465 e. The van der Waals surface area contributed by atoms with Gasteiger partial charge in [-0.3, -0.25) is 4.79 Å². The van der Waals surface area contributed by atoms with E-state index in [0.29, 0.717) is 12.5 Å². The van der Waals surface area contributed by atoms with Gasteiger partial charge in [0.1, 0.15) is 0 Å². The van der Waals surface area contributed by atoms with E-state index in [-0.39, 0.29) is 11.9 Å². The van der Waals surface area contributed by atoms with Gasteiger partial charge in [0.05, 0.1) is 12.5 Å². The highest BCUT2D eigenvalue weighted by Gasteiger charge is 2.16. The number of hydrogen-bond acceptors (Lipinski definition) is 2. The Labute approximate surface area is 190 Å². The standard InChI is InChI=1S/C28H56O2/c1-5-8-10-12-13-14-15-16-17-18-19-20-23-26(4)28(29)30-25-27(22-7-3)24-21-11-9-6-2/h26-27H,5-25H2,1-4H3. The lowest BCUT2D eigenvalue weighted by Crippen LogP contribution is -2.19. The first kappa shape index (κ1) is 29.5. The lowest BCUT2D eigenvalue weighted by molar-refractivity contribution is -0.149. The van der Waals surface area contributed by atoms with Crippen LogP contribution in [0.15, 0.2) is 0 Å². The summed E-state index contributed by atoms with van der Waals surface area (Å²) in [5.74, 6) is 0.665. The maximum absolute atomic E-state index is 12.3. The molecule has 2 heteroatoms. The third-order valence-corrected chi connectivity index (χ3v) is 6.52. The number of unbranched alkanes of at least 4 members (excludes halogenated alkanes) is 14. The molecule has 0 bridgehead atoms. The first-order chi connectivity index (χ1) is 14.7. The minimum absolute atomic E-state index is 0.0349. The highest BCUT2D eigenvalue weighted by Crippen LogP contribution is 2.19. The molecule has 0 aromatic heterocycles. The Morgan fingerprint density at radius 2 is 1.00 bits per heavy atom. The molecule has 0 aromatic rings. The second-order valence-corrected chi connectivity index (χ2v) is 9.71. The number of carbonyl (C=O) groups excluding carboxylic acids is 1. The van der Waals surface area contributed by atoms with Crippen molar-refractivity contribution in [3.8, 4) is 0 Å². The predicted octanol–water partition coefficient (Wildman–Crippen LogP) is 9.64. The normalized spacial score (nSPS) is 13.3. The molecule has 0 amide bonds. The molecule has 30 heavy (non-hydrogen) atoms. The van der Waals surface area contributed by atoms with Crippen LogP contribution in [0.3, 0.4) is 0 Å². The van der Waals surface area contributed by atoms with Crippen LogP contribution < -0.4 is 0 Å². The number of ether oxygens (including phenoxy) is 1. The molecule has 0 fully saturated rings. The molecule has 0 saturated heterocycles. The molecule has 180 valence electrons. The molecule has 0 radical (unpaired) electrons. The zero-order chi connectivity index (χ0) is 22.3. The van der Waals surface area contributed by atoms with Crippen molar-refractivity contribution in [3.05, 3.63) is 0 Å². The van der Waals surface area contributed by atoms with Crippen LogP contribution in [0.1, 0.15) is 156 Å². The Bertz CT molecular complexity index is 353. The summed E-state index contributed by atoms with van der Waals surface area (Å²) in [7, 11) is 0. The monoisotopic (exact) mass is 424 g/mol. The van der Waals surface area contributed by atoms with Crippen molar-refractivity contribution in [2.75, 3.05) is 6.61 Å². The van der Waals surface area contributed by atoms with Crippen molar-refractivity contribution in [2.45, 2.75) is 156 Å². The molecule has 0 rings (SSSR count). The molecular weight excluding hydrogens is 368 g/mol. The van der Waals surface area contributed by atoms with E-state index in [4.69, 9.17) is 4.74 Å². The van der Waals surface area contributed by atoms with Crippen LogP contribution in [-0.2, 0) is 9.53 Å². The summed E-state index contributed by atoms with van der Waals surface area (Å²) in [5, 5.41) is 0. The lowest BCUT2D eigenvalue weighted by Gasteiger charge is -2.18. The Morgan fingerprint density at radius 1 is 0.567 bits per heavy atom. The zero-order valence-corrected chi connectivity index (χ0v) is 21.3. The van der Waals surface area contributed by atoms with Crippen LogP contribution in [0.25, 0.3) is 0 Å². The predicted molar refractivity (Wildman–Crippen MR) is 133 cm³/mol. The minimum Gasteiger partial charge on any atom is -0.465 e. The summed E-state index contributed by atoms with van der Waals surface area (Å²) < 4.78 is 5.69. The third kappa shape index (κ3) is 19.4. The van der Waals surface area contributed by atoms with E-state index < -0.39 is 0 Å². The van der Waals surface area contributed by atoms with Crippen LogP contribution in [-0.4, -0.2) is 12.6 Å². The quantitative estimate of drug-likeness (QED) is 0.120. The minimum atomic E-state index is 0.0349. The van der Waals surface area contributed by atoms with Gasteiger partial charge in [0.25, 0.3) is 0 Å². The Kier molecular flexibility index (Phi) is 22.7. The molecule has 0 aliphatic rings. The fraction of sp³-hybridized carbons (Fsp3) is 0.964. The maximum atomic E-state index is 12.3. The SMILES string of the molecule is CCCCCCCCCCCCCCC(C)C(=O)OCC(CCC)CCCCCC. The highest BCUT2D eigenvalue weighted by molar-refractivity contribution is 5.71. The topological polar surface area (TPSA) is 26.3 Å². The van der Waals surface area contributed by atoms with Crippen LogP contribution >= 0.6 is 0 Å². The maximum Gasteiger partial charge on any atom is 0.308 e. The van der Waals surface area contributed by atoms with Gasteiger partial charge in [-0.15, -0.1) is 0 Å². The van der Waals surface area contributed by atoms with Crippen molar-refractivity contribution in [2.24, 2.45) is 11.8 Å². The van der Waals surface area contributed by atoms with Crippen LogP contribution in [0.5, 0.6) is 0 Å². The summed E-state index contributed by atoms with van der Waals surface area (Å²) >= 11 is 0. The van der Waals surface area contributed by atoms with Crippen LogP contribution in [0.2, 0.25) is 0 Å². The van der Waals surface area contributed by atoms with E-state index in [1.165, 1.54) is 122 Å². The van der Waals surface area contributed by atoms with Gasteiger partial charge in [0.15, 0.2) is 0 Å². The first-order valence-electron chi connectivity index (χ1n) is 13.8. The van der Waals surface area contributed by atoms with E-state index in [0.717, 1.165) is 6.42 Å². The number of esters is 1. The van der Waals surface area contributed by atoms with Gasteiger partial charge in [-0.2, -0.15) is 0 Å². The van der Waals surface area contributed by atoms with Crippen molar-refractivity contribution >= 4 is 5.97 Å². The van der Waals surface area contributed by atoms with E-state index in [1.54, 1.807) is 0 Å². The molecule has 0 N–H and O–H groups in total. The van der Waals surface area contributed by atoms with Gasteiger partial charge in [0, 0.05) is 0 Å². The third-order valence-electron chi connectivity index (χ3n) is 6.52. The molecule has 0 spiro atoms. The summed E-state index contributed by atoms with van der Waals surface area (Å²) in [6.07, 6.45) is 26.2. The second-order valence-electron chi connectivity index (χ2n) is 9.71. The molecule has 0 heterocycles. The number of rotatable bonds is 23. The molecule has 2 atom stereocenters. The summed E-state index contributed by atoms with van der Waals surface area (Å²) in [6, 6.07) is 0.